The van der Waals surface area contributed by atoms with Gasteiger partial charge in [-0.3, -0.25) is 0 Å². The molecule has 0 fully saturated rings. The number of benzene rings is 1. The summed E-state index contributed by atoms with van der Waals surface area (Å²) in [6.07, 6.45) is 0.809. The van der Waals surface area contributed by atoms with Gasteiger partial charge >= 0.3 is 0 Å². The monoisotopic (exact) mass is 221 g/mol. The minimum absolute atomic E-state index is 0.250. The highest BCUT2D eigenvalue weighted by molar-refractivity contribution is 5.36. The second-order valence-corrected chi connectivity index (χ2v) is 4.66. The van der Waals surface area contributed by atoms with Crippen molar-refractivity contribution < 1.29 is 5.11 Å². The maximum Gasteiger partial charge on any atom is 0.0445 e. The summed E-state index contributed by atoms with van der Waals surface area (Å²) in [5, 5.41) is 12.3. The van der Waals surface area contributed by atoms with Crippen LogP contribution in [0, 0.1) is 20.8 Å². The van der Waals surface area contributed by atoms with Crippen LogP contribution in [0.3, 0.4) is 0 Å². The molecule has 0 saturated heterocycles. The van der Waals surface area contributed by atoms with Gasteiger partial charge in [-0.1, -0.05) is 12.1 Å². The van der Waals surface area contributed by atoms with Crippen molar-refractivity contribution in [1.29, 1.82) is 0 Å². The summed E-state index contributed by atoms with van der Waals surface area (Å²) in [4.78, 5) is 0. The SMILES string of the molecule is Cc1cc(C)c(CN[C@H](C)CCO)cc1C. The minimum Gasteiger partial charge on any atom is -0.396 e. The summed E-state index contributed by atoms with van der Waals surface area (Å²) in [7, 11) is 0. The number of aliphatic hydroxyl groups is 1. The molecule has 1 atom stereocenters. The third-order valence-corrected chi connectivity index (χ3v) is 3.16. The second-order valence-electron chi connectivity index (χ2n) is 4.66. The van der Waals surface area contributed by atoms with Gasteiger partial charge in [-0.25, -0.2) is 0 Å². The first-order valence-corrected chi connectivity index (χ1v) is 5.95. The Morgan fingerprint density at radius 3 is 2.38 bits per heavy atom. The van der Waals surface area contributed by atoms with Gasteiger partial charge in [0.15, 0.2) is 0 Å². The first-order valence-electron chi connectivity index (χ1n) is 5.95. The van der Waals surface area contributed by atoms with E-state index < -0.39 is 0 Å². The maximum absolute atomic E-state index is 8.83. The standard InChI is InChI=1S/C14H23NO/c1-10-7-12(3)14(8-11(10)2)9-15-13(4)5-6-16/h7-8,13,15-16H,5-6,9H2,1-4H3/t13-/m1/s1. The van der Waals surface area contributed by atoms with Gasteiger partial charge in [-0.15, -0.1) is 0 Å². The molecule has 0 amide bonds. The van der Waals surface area contributed by atoms with Gasteiger partial charge in [0.1, 0.15) is 0 Å². The Labute approximate surface area is 98.7 Å². The highest BCUT2D eigenvalue weighted by Crippen LogP contribution is 2.15. The smallest absolute Gasteiger partial charge is 0.0445 e. The van der Waals surface area contributed by atoms with Crippen LogP contribution in [0.2, 0.25) is 0 Å². The molecule has 0 bridgehead atoms. The molecule has 2 heteroatoms. The predicted molar refractivity (Wildman–Crippen MR) is 68.7 cm³/mol. The van der Waals surface area contributed by atoms with Crippen molar-refractivity contribution in [2.75, 3.05) is 6.61 Å². The molecular formula is C14H23NO. The molecule has 90 valence electrons. The van der Waals surface area contributed by atoms with E-state index in [2.05, 4.69) is 45.1 Å². The Kier molecular flexibility index (Phi) is 4.97. The normalized spacial score (nSPS) is 12.8. The number of hydrogen-bond donors (Lipinski definition) is 2. The topological polar surface area (TPSA) is 32.3 Å². The average Bonchev–Trinajstić information content (AvgIpc) is 2.22. The van der Waals surface area contributed by atoms with Crippen LogP contribution in [0.25, 0.3) is 0 Å². The third kappa shape index (κ3) is 3.62. The second kappa shape index (κ2) is 6.02. The number of aliphatic hydroxyl groups excluding tert-OH is 1. The van der Waals surface area contributed by atoms with E-state index in [-0.39, 0.29) is 6.61 Å². The quantitative estimate of drug-likeness (QED) is 0.800. The molecular weight excluding hydrogens is 198 g/mol. The summed E-state index contributed by atoms with van der Waals surface area (Å²) in [5.41, 5.74) is 5.39. The van der Waals surface area contributed by atoms with Crippen molar-refractivity contribution in [3.05, 3.63) is 34.4 Å². The van der Waals surface area contributed by atoms with Gasteiger partial charge < -0.3 is 10.4 Å². The van der Waals surface area contributed by atoms with E-state index in [4.69, 9.17) is 5.11 Å². The lowest BCUT2D eigenvalue weighted by Crippen LogP contribution is -2.26. The van der Waals surface area contributed by atoms with Crippen LogP contribution < -0.4 is 5.32 Å². The van der Waals surface area contributed by atoms with E-state index >= 15 is 0 Å². The molecule has 0 aromatic heterocycles. The van der Waals surface area contributed by atoms with Crippen LogP contribution in [-0.2, 0) is 6.54 Å². The summed E-state index contributed by atoms with van der Waals surface area (Å²) in [6, 6.07) is 4.86. The lowest BCUT2D eigenvalue weighted by atomic mass is 10.0. The Morgan fingerprint density at radius 2 is 1.75 bits per heavy atom. The van der Waals surface area contributed by atoms with Crippen molar-refractivity contribution in [3.8, 4) is 0 Å². The van der Waals surface area contributed by atoms with Gasteiger partial charge in [-0.2, -0.15) is 0 Å². The van der Waals surface area contributed by atoms with Crippen molar-refractivity contribution in [2.24, 2.45) is 0 Å². The summed E-state index contributed by atoms with van der Waals surface area (Å²) in [5.74, 6) is 0. The lowest BCUT2D eigenvalue weighted by Gasteiger charge is -2.15. The minimum atomic E-state index is 0.250. The molecule has 0 aliphatic carbocycles. The van der Waals surface area contributed by atoms with Gasteiger partial charge in [0, 0.05) is 19.2 Å². The molecule has 1 aromatic carbocycles. The fraction of sp³-hybridized carbons (Fsp3) is 0.571. The van der Waals surface area contributed by atoms with Crippen LogP contribution >= 0.6 is 0 Å². The van der Waals surface area contributed by atoms with Crippen LogP contribution in [0.5, 0.6) is 0 Å². The average molecular weight is 221 g/mol. The molecule has 0 spiro atoms. The Morgan fingerprint density at radius 1 is 1.12 bits per heavy atom. The maximum atomic E-state index is 8.83. The molecule has 1 aromatic rings. The predicted octanol–water partition coefficient (Wildman–Crippen LogP) is 2.47. The largest absolute Gasteiger partial charge is 0.396 e. The molecule has 0 saturated carbocycles. The van der Waals surface area contributed by atoms with Crippen molar-refractivity contribution in [2.45, 2.75) is 46.7 Å². The summed E-state index contributed by atoms with van der Waals surface area (Å²) >= 11 is 0. The third-order valence-electron chi connectivity index (χ3n) is 3.16. The fourth-order valence-corrected chi connectivity index (χ4v) is 1.79. The van der Waals surface area contributed by atoms with E-state index in [0.29, 0.717) is 6.04 Å². The number of aryl methyl sites for hydroxylation is 3. The van der Waals surface area contributed by atoms with Gasteiger partial charge in [0.25, 0.3) is 0 Å². The van der Waals surface area contributed by atoms with Gasteiger partial charge in [0.05, 0.1) is 0 Å². The Balaban J connectivity index is 2.63. The Hall–Kier alpha value is -0.860. The van der Waals surface area contributed by atoms with E-state index in [1.807, 2.05) is 0 Å². The molecule has 2 nitrogen and oxygen atoms in total. The zero-order valence-electron chi connectivity index (χ0n) is 10.8. The lowest BCUT2D eigenvalue weighted by molar-refractivity contribution is 0.268. The van der Waals surface area contributed by atoms with Crippen LogP contribution in [0.1, 0.15) is 35.6 Å². The van der Waals surface area contributed by atoms with Crippen molar-refractivity contribution >= 4 is 0 Å². The molecule has 2 N–H and O–H groups in total. The van der Waals surface area contributed by atoms with E-state index in [1.165, 1.54) is 22.3 Å². The summed E-state index contributed by atoms with van der Waals surface area (Å²) in [6.45, 7) is 9.68. The first kappa shape index (κ1) is 13.2. The number of nitrogens with one attached hydrogen (secondary N) is 1. The number of hydrogen-bond acceptors (Lipinski definition) is 2. The zero-order valence-corrected chi connectivity index (χ0v) is 10.8. The molecule has 0 aliphatic rings. The van der Waals surface area contributed by atoms with Crippen molar-refractivity contribution in [1.82, 2.24) is 5.32 Å². The van der Waals surface area contributed by atoms with E-state index in [1.54, 1.807) is 0 Å². The molecule has 0 radical (unpaired) electrons. The van der Waals surface area contributed by atoms with Gasteiger partial charge in [0.2, 0.25) is 0 Å². The zero-order chi connectivity index (χ0) is 12.1. The molecule has 0 aliphatic heterocycles. The molecule has 0 unspecified atom stereocenters. The van der Waals surface area contributed by atoms with E-state index in [0.717, 1.165) is 13.0 Å². The fourth-order valence-electron chi connectivity index (χ4n) is 1.79. The van der Waals surface area contributed by atoms with Crippen LogP contribution in [0.15, 0.2) is 12.1 Å². The first-order chi connectivity index (χ1) is 7.54. The Bertz CT molecular complexity index is 347. The van der Waals surface area contributed by atoms with Crippen LogP contribution in [0.4, 0.5) is 0 Å². The molecule has 1 rings (SSSR count). The highest BCUT2D eigenvalue weighted by Gasteiger charge is 2.04. The van der Waals surface area contributed by atoms with E-state index in [9.17, 15) is 0 Å². The number of rotatable bonds is 5. The van der Waals surface area contributed by atoms with Crippen molar-refractivity contribution in [3.63, 3.8) is 0 Å². The summed E-state index contributed by atoms with van der Waals surface area (Å²) < 4.78 is 0. The molecule has 16 heavy (non-hydrogen) atoms. The highest BCUT2D eigenvalue weighted by atomic mass is 16.3. The van der Waals surface area contributed by atoms with Crippen LogP contribution in [-0.4, -0.2) is 17.8 Å². The van der Waals surface area contributed by atoms with Gasteiger partial charge in [-0.05, 0) is 56.4 Å². The molecule has 0 heterocycles.